The summed E-state index contributed by atoms with van der Waals surface area (Å²) in [5.74, 6) is 0.489. The van der Waals surface area contributed by atoms with E-state index in [1.807, 2.05) is 24.3 Å². The molecule has 1 saturated heterocycles. The molecule has 0 aromatic heterocycles. The van der Waals surface area contributed by atoms with Gasteiger partial charge < -0.3 is 10.2 Å². The van der Waals surface area contributed by atoms with Gasteiger partial charge in [0.05, 0.1) is 0 Å². The van der Waals surface area contributed by atoms with Crippen molar-refractivity contribution in [3.05, 3.63) is 29.3 Å². The summed E-state index contributed by atoms with van der Waals surface area (Å²) in [4.78, 5) is 38.7. The Bertz CT molecular complexity index is 609. The number of nitrogens with zero attached hydrogens (tertiary/aromatic N) is 2. The third-order valence-electron chi connectivity index (χ3n) is 3.52. The Morgan fingerprint density at radius 3 is 2.62 bits per heavy atom. The lowest BCUT2D eigenvalue weighted by Crippen LogP contribution is -2.33. The molecule has 2 rings (SSSR count). The standard InChI is InChI=1S/C16H20ClN3O3S/c1-19-11-15(22)20(16(19)23)9-2-3-14(21)18-8-10-24-13-6-4-12(17)5-7-13/h4-7H,2-3,8-11H2,1H3,(H,18,21). The first-order valence-corrected chi connectivity index (χ1v) is 9.04. The number of hydrogen-bond acceptors (Lipinski definition) is 4. The van der Waals surface area contributed by atoms with Crippen molar-refractivity contribution in [1.29, 1.82) is 0 Å². The number of carbonyl (C=O) groups excluding carboxylic acids is 3. The highest BCUT2D eigenvalue weighted by Crippen LogP contribution is 2.19. The van der Waals surface area contributed by atoms with Gasteiger partial charge in [0.1, 0.15) is 6.54 Å². The lowest BCUT2D eigenvalue weighted by molar-refractivity contribution is -0.126. The minimum absolute atomic E-state index is 0.0702. The van der Waals surface area contributed by atoms with Crippen LogP contribution in [-0.4, -0.2) is 60.1 Å². The summed E-state index contributed by atoms with van der Waals surface area (Å²) >= 11 is 7.46. The van der Waals surface area contributed by atoms with E-state index >= 15 is 0 Å². The molecule has 1 aliphatic heterocycles. The molecule has 24 heavy (non-hydrogen) atoms. The number of benzene rings is 1. The van der Waals surface area contributed by atoms with Crippen LogP contribution in [0, 0.1) is 0 Å². The van der Waals surface area contributed by atoms with Crippen LogP contribution in [0.15, 0.2) is 29.2 Å². The van der Waals surface area contributed by atoms with Crippen molar-refractivity contribution in [2.24, 2.45) is 0 Å². The fraction of sp³-hybridized carbons (Fsp3) is 0.438. The summed E-state index contributed by atoms with van der Waals surface area (Å²) in [5.41, 5.74) is 0. The molecule has 130 valence electrons. The predicted molar refractivity (Wildman–Crippen MR) is 94.2 cm³/mol. The van der Waals surface area contributed by atoms with Crippen LogP contribution in [0.25, 0.3) is 0 Å². The molecule has 1 heterocycles. The zero-order valence-electron chi connectivity index (χ0n) is 13.5. The van der Waals surface area contributed by atoms with E-state index < -0.39 is 0 Å². The van der Waals surface area contributed by atoms with E-state index in [1.165, 1.54) is 9.80 Å². The van der Waals surface area contributed by atoms with Crippen LogP contribution in [0.5, 0.6) is 0 Å². The number of rotatable bonds is 8. The monoisotopic (exact) mass is 369 g/mol. The van der Waals surface area contributed by atoms with Gasteiger partial charge in [0.15, 0.2) is 0 Å². The van der Waals surface area contributed by atoms with Gasteiger partial charge in [-0.2, -0.15) is 0 Å². The Hall–Kier alpha value is -1.73. The van der Waals surface area contributed by atoms with Gasteiger partial charge in [-0.3, -0.25) is 14.5 Å². The Morgan fingerprint density at radius 2 is 2.00 bits per heavy atom. The summed E-state index contributed by atoms with van der Waals surface area (Å²) in [6, 6.07) is 7.26. The first-order valence-electron chi connectivity index (χ1n) is 7.68. The quantitative estimate of drug-likeness (QED) is 0.433. The van der Waals surface area contributed by atoms with Crippen molar-refractivity contribution in [3.8, 4) is 0 Å². The Labute approximate surface area is 150 Å². The van der Waals surface area contributed by atoms with Crippen molar-refractivity contribution in [2.75, 3.05) is 32.4 Å². The van der Waals surface area contributed by atoms with E-state index in [4.69, 9.17) is 11.6 Å². The van der Waals surface area contributed by atoms with Gasteiger partial charge in [-0.1, -0.05) is 11.6 Å². The molecule has 1 aromatic carbocycles. The van der Waals surface area contributed by atoms with E-state index in [-0.39, 0.29) is 30.9 Å². The van der Waals surface area contributed by atoms with Crippen molar-refractivity contribution in [1.82, 2.24) is 15.1 Å². The first-order chi connectivity index (χ1) is 11.5. The van der Waals surface area contributed by atoms with Crippen LogP contribution in [0.3, 0.4) is 0 Å². The molecule has 8 heteroatoms. The maximum atomic E-state index is 11.8. The summed E-state index contributed by atoms with van der Waals surface area (Å²) in [6.45, 7) is 0.971. The van der Waals surface area contributed by atoms with Gasteiger partial charge in [0, 0.05) is 42.2 Å². The minimum atomic E-state index is -0.292. The fourth-order valence-corrected chi connectivity index (χ4v) is 3.16. The van der Waals surface area contributed by atoms with Crippen LogP contribution in [0.1, 0.15) is 12.8 Å². The normalized spacial score (nSPS) is 14.4. The highest BCUT2D eigenvalue weighted by molar-refractivity contribution is 7.99. The topological polar surface area (TPSA) is 69.7 Å². The minimum Gasteiger partial charge on any atom is -0.355 e. The van der Waals surface area contributed by atoms with Gasteiger partial charge in [-0.15, -0.1) is 11.8 Å². The number of hydrogen-bond donors (Lipinski definition) is 1. The lowest BCUT2D eigenvalue weighted by Gasteiger charge is -2.13. The van der Waals surface area contributed by atoms with Gasteiger partial charge >= 0.3 is 6.03 Å². The van der Waals surface area contributed by atoms with Gasteiger partial charge in [-0.25, -0.2) is 4.79 Å². The van der Waals surface area contributed by atoms with E-state index in [0.29, 0.717) is 24.4 Å². The predicted octanol–water partition coefficient (Wildman–Crippen LogP) is 2.22. The summed E-state index contributed by atoms with van der Waals surface area (Å²) < 4.78 is 0. The molecule has 0 aliphatic carbocycles. The number of imide groups is 1. The lowest BCUT2D eigenvalue weighted by atomic mass is 10.3. The van der Waals surface area contributed by atoms with Crippen molar-refractivity contribution >= 4 is 41.2 Å². The van der Waals surface area contributed by atoms with Gasteiger partial charge in [-0.05, 0) is 30.7 Å². The number of amides is 4. The van der Waals surface area contributed by atoms with Crippen molar-refractivity contribution in [3.63, 3.8) is 0 Å². The zero-order valence-corrected chi connectivity index (χ0v) is 15.0. The van der Waals surface area contributed by atoms with Crippen LogP contribution >= 0.6 is 23.4 Å². The Balaban J connectivity index is 1.57. The Morgan fingerprint density at radius 1 is 1.29 bits per heavy atom. The molecule has 0 unspecified atom stereocenters. The average Bonchev–Trinajstić information content (AvgIpc) is 2.79. The average molecular weight is 370 g/mol. The molecular weight excluding hydrogens is 350 g/mol. The number of thioether (sulfide) groups is 1. The second-order valence-corrected chi connectivity index (χ2v) is 7.04. The second kappa shape index (κ2) is 8.94. The molecule has 1 aromatic rings. The van der Waals surface area contributed by atoms with Gasteiger partial charge in [0.2, 0.25) is 11.8 Å². The molecule has 1 aliphatic rings. The smallest absolute Gasteiger partial charge is 0.326 e. The maximum absolute atomic E-state index is 11.8. The number of carbonyl (C=O) groups is 3. The molecule has 6 nitrogen and oxygen atoms in total. The van der Waals surface area contributed by atoms with Crippen molar-refractivity contribution in [2.45, 2.75) is 17.7 Å². The van der Waals surface area contributed by atoms with Crippen LogP contribution in [0.4, 0.5) is 4.79 Å². The molecule has 1 fully saturated rings. The zero-order chi connectivity index (χ0) is 17.5. The molecule has 1 N–H and O–H groups in total. The highest BCUT2D eigenvalue weighted by atomic mass is 35.5. The molecule has 0 atom stereocenters. The molecule has 0 bridgehead atoms. The Kier molecular flexibility index (Phi) is 6.93. The van der Waals surface area contributed by atoms with Crippen LogP contribution in [0.2, 0.25) is 5.02 Å². The molecule has 0 spiro atoms. The molecule has 0 saturated carbocycles. The highest BCUT2D eigenvalue weighted by Gasteiger charge is 2.32. The van der Waals surface area contributed by atoms with Crippen LogP contribution < -0.4 is 5.32 Å². The van der Waals surface area contributed by atoms with E-state index in [2.05, 4.69) is 5.32 Å². The number of likely N-dealkylation sites (N-methyl/N-ethyl adjacent to an activating group) is 1. The summed E-state index contributed by atoms with van der Waals surface area (Å²) in [5, 5.41) is 3.54. The molecular formula is C16H20ClN3O3S. The third kappa shape index (κ3) is 5.42. The van der Waals surface area contributed by atoms with E-state index in [1.54, 1.807) is 18.8 Å². The number of nitrogens with one attached hydrogen (secondary N) is 1. The van der Waals surface area contributed by atoms with Gasteiger partial charge in [0.25, 0.3) is 0 Å². The fourth-order valence-electron chi connectivity index (χ4n) is 2.27. The SMILES string of the molecule is CN1CC(=O)N(CCCC(=O)NCCSc2ccc(Cl)cc2)C1=O. The summed E-state index contributed by atoms with van der Waals surface area (Å²) in [6.07, 6.45) is 0.772. The number of halogens is 1. The third-order valence-corrected chi connectivity index (χ3v) is 4.79. The van der Waals surface area contributed by atoms with Crippen LogP contribution in [-0.2, 0) is 9.59 Å². The summed E-state index contributed by atoms with van der Waals surface area (Å²) in [7, 11) is 1.59. The maximum Gasteiger partial charge on any atom is 0.326 e. The molecule has 0 radical (unpaired) electrons. The molecule has 4 amide bonds. The van der Waals surface area contributed by atoms with E-state index in [9.17, 15) is 14.4 Å². The number of urea groups is 1. The second-order valence-electron chi connectivity index (χ2n) is 5.44. The largest absolute Gasteiger partial charge is 0.355 e. The first kappa shape index (κ1) is 18.6. The van der Waals surface area contributed by atoms with Crippen molar-refractivity contribution < 1.29 is 14.4 Å². The van der Waals surface area contributed by atoms with E-state index in [0.717, 1.165) is 10.6 Å².